The number of aliphatic imine (C=N–C) groups is 1. The molecule has 1 aromatic rings. The predicted molar refractivity (Wildman–Crippen MR) is 116 cm³/mol. The molecule has 2 saturated heterocycles. The lowest BCUT2D eigenvalue weighted by Crippen LogP contribution is -2.42. The van der Waals surface area contributed by atoms with Gasteiger partial charge in [0.2, 0.25) is 0 Å². The van der Waals surface area contributed by atoms with E-state index in [0.29, 0.717) is 0 Å². The van der Waals surface area contributed by atoms with Gasteiger partial charge in [-0.15, -0.1) is 0 Å². The molecule has 2 N–H and O–H groups in total. The summed E-state index contributed by atoms with van der Waals surface area (Å²) in [4.78, 5) is 9.49. The lowest BCUT2D eigenvalue weighted by atomic mass is 10.1. The number of likely N-dealkylation sites (tertiary alicyclic amines) is 1. The molecule has 0 aliphatic carbocycles. The highest BCUT2D eigenvalue weighted by Crippen LogP contribution is 2.23. The van der Waals surface area contributed by atoms with Gasteiger partial charge >= 0.3 is 0 Å². The molecule has 0 amide bonds. The molecular formula is C22H37N5. The van der Waals surface area contributed by atoms with Crippen molar-refractivity contribution < 1.29 is 0 Å². The minimum Gasteiger partial charge on any atom is -0.372 e. The Bertz CT molecular complexity index is 586. The number of hydrogen-bond acceptors (Lipinski definition) is 3. The highest BCUT2D eigenvalue weighted by atomic mass is 15.2. The van der Waals surface area contributed by atoms with E-state index in [-0.39, 0.29) is 6.04 Å². The number of nitrogens with zero attached hydrogens (tertiary/aromatic N) is 3. The molecule has 0 radical (unpaired) electrons. The molecule has 2 fully saturated rings. The molecule has 3 rings (SSSR count). The molecule has 2 aliphatic heterocycles. The SMILES string of the molecule is CN=C(NCCN1CCCCCC1)NC(C)c1cccc(N2CCCC2)c1. The topological polar surface area (TPSA) is 42.9 Å². The second kappa shape index (κ2) is 10.5. The summed E-state index contributed by atoms with van der Waals surface area (Å²) in [5.41, 5.74) is 2.66. The van der Waals surface area contributed by atoms with Gasteiger partial charge in [0.25, 0.3) is 0 Å². The maximum atomic E-state index is 4.42. The van der Waals surface area contributed by atoms with Crippen molar-refractivity contribution >= 4 is 11.6 Å². The quantitative estimate of drug-likeness (QED) is 0.594. The molecule has 1 aromatic carbocycles. The Morgan fingerprint density at radius 3 is 2.44 bits per heavy atom. The summed E-state index contributed by atoms with van der Waals surface area (Å²) in [6.07, 6.45) is 8.09. The van der Waals surface area contributed by atoms with Crippen LogP contribution in [0.4, 0.5) is 5.69 Å². The summed E-state index contributed by atoms with van der Waals surface area (Å²) in [6, 6.07) is 9.18. The predicted octanol–water partition coefficient (Wildman–Crippen LogP) is 3.39. The largest absolute Gasteiger partial charge is 0.372 e. The van der Waals surface area contributed by atoms with Gasteiger partial charge in [-0.1, -0.05) is 25.0 Å². The Morgan fingerprint density at radius 1 is 1.04 bits per heavy atom. The van der Waals surface area contributed by atoms with Gasteiger partial charge in [-0.25, -0.2) is 0 Å². The van der Waals surface area contributed by atoms with E-state index < -0.39 is 0 Å². The number of benzene rings is 1. The van der Waals surface area contributed by atoms with E-state index in [1.165, 1.54) is 76.0 Å². The molecule has 5 heteroatoms. The van der Waals surface area contributed by atoms with Crippen LogP contribution in [0.15, 0.2) is 29.3 Å². The Morgan fingerprint density at radius 2 is 1.74 bits per heavy atom. The maximum Gasteiger partial charge on any atom is 0.191 e. The van der Waals surface area contributed by atoms with Gasteiger partial charge in [0.05, 0.1) is 6.04 Å². The van der Waals surface area contributed by atoms with Crippen LogP contribution in [-0.2, 0) is 0 Å². The van der Waals surface area contributed by atoms with Gasteiger partial charge < -0.3 is 20.4 Å². The second-order valence-electron chi connectivity index (χ2n) is 7.91. The van der Waals surface area contributed by atoms with E-state index in [4.69, 9.17) is 0 Å². The lowest BCUT2D eigenvalue weighted by molar-refractivity contribution is 0.289. The first-order valence-electron chi connectivity index (χ1n) is 10.8. The number of anilines is 1. The van der Waals surface area contributed by atoms with Crippen LogP contribution in [0, 0.1) is 0 Å². The van der Waals surface area contributed by atoms with Crippen molar-refractivity contribution in [2.75, 3.05) is 51.2 Å². The summed E-state index contributed by atoms with van der Waals surface area (Å²) < 4.78 is 0. The number of rotatable bonds is 6. The van der Waals surface area contributed by atoms with Crippen molar-refractivity contribution in [2.45, 2.75) is 51.5 Å². The molecule has 0 saturated carbocycles. The zero-order valence-electron chi connectivity index (χ0n) is 17.2. The van der Waals surface area contributed by atoms with Crippen LogP contribution in [0.3, 0.4) is 0 Å². The molecule has 150 valence electrons. The van der Waals surface area contributed by atoms with Gasteiger partial charge in [0.1, 0.15) is 0 Å². The summed E-state index contributed by atoms with van der Waals surface area (Å²) in [6.45, 7) is 9.11. The molecule has 2 aliphatic rings. The average Bonchev–Trinajstić information content (AvgIpc) is 3.12. The monoisotopic (exact) mass is 371 g/mol. The van der Waals surface area contributed by atoms with E-state index in [2.05, 4.69) is 56.6 Å². The molecule has 0 bridgehead atoms. The smallest absolute Gasteiger partial charge is 0.191 e. The van der Waals surface area contributed by atoms with Gasteiger partial charge in [-0.3, -0.25) is 4.99 Å². The molecule has 0 spiro atoms. The van der Waals surface area contributed by atoms with Gasteiger partial charge in [0, 0.05) is 38.9 Å². The van der Waals surface area contributed by atoms with Crippen LogP contribution in [0.1, 0.15) is 57.1 Å². The standard InChI is InChI=1S/C22H37N5/c1-19(20-10-9-11-21(18-20)27-15-7-8-16-27)25-22(23-2)24-12-17-26-13-5-3-4-6-14-26/h9-11,18-19H,3-8,12-17H2,1-2H3,(H2,23,24,25). The third-order valence-corrected chi connectivity index (χ3v) is 5.84. The van der Waals surface area contributed by atoms with Gasteiger partial charge in [0.15, 0.2) is 5.96 Å². The van der Waals surface area contributed by atoms with Crippen molar-refractivity contribution in [3.63, 3.8) is 0 Å². The van der Waals surface area contributed by atoms with Crippen LogP contribution < -0.4 is 15.5 Å². The normalized spacial score (nSPS) is 20.4. The van der Waals surface area contributed by atoms with Crippen molar-refractivity contribution in [2.24, 2.45) is 4.99 Å². The molecule has 0 aromatic heterocycles. The van der Waals surface area contributed by atoms with Gasteiger partial charge in [-0.05, 0) is 63.4 Å². The fourth-order valence-corrected chi connectivity index (χ4v) is 4.14. The van der Waals surface area contributed by atoms with Crippen LogP contribution in [0.2, 0.25) is 0 Å². The Balaban J connectivity index is 1.48. The van der Waals surface area contributed by atoms with Crippen LogP contribution in [0.25, 0.3) is 0 Å². The third kappa shape index (κ3) is 6.13. The zero-order chi connectivity index (χ0) is 18.9. The molecule has 2 heterocycles. The Labute approximate surface area is 165 Å². The maximum absolute atomic E-state index is 4.42. The number of nitrogens with one attached hydrogen (secondary N) is 2. The second-order valence-corrected chi connectivity index (χ2v) is 7.91. The van der Waals surface area contributed by atoms with Crippen LogP contribution >= 0.6 is 0 Å². The third-order valence-electron chi connectivity index (χ3n) is 5.84. The number of hydrogen-bond donors (Lipinski definition) is 2. The minimum atomic E-state index is 0.233. The van der Waals surface area contributed by atoms with E-state index in [1.54, 1.807) is 0 Å². The van der Waals surface area contributed by atoms with E-state index in [1.807, 2.05) is 7.05 Å². The average molecular weight is 372 g/mol. The van der Waals surface area contributed by atoms with E-state index in [9.17, 15) is 0 Å². The summed E-state index contributed by atoms with van der Waals surface area (Å²) in [5.74, 6) is 0.892. The molecule has 1 atom stereocenters. The fraction of sp³-hybridized carbons (Fsp3) is 0.682. The van der Waals surface area contributed by atoms with Gasteiger partial charge in [-0.2, -0.15) is 0 Å². The van der Waals surface area contributed by atoms with E-state index in [0.717, 1.165) is 19.0 Å². The highest BCUT2D eigenvalue weighted by Gasteiger charge is 2.15. The highest BCUT2D eigenvalue weighted by molar-refractivity contribution is 5.80. The molecule has 1 unspecified atom stereocenters. The Hall–Kier alpha value is -1.75. The molecular weight excluding hydrogens is 334 g/mol. The van der Waals surface area contributed by atoms with Crippen LogP contribution in [-0.4, -0.2) is 57.2 Å². The summed E-state index contributed by atoms with van der Waals surface area (Å²) in [7, 11) is 1.86. The van der Waals surface area contributed by atoms with Crippen molar-refractivity contribution in [3.8, 4) is 0 Å². The summed E-state index contributed by atoms with van der Waals surface area (Å²) in [5, 5.41) is 7.05. The number of guanidine groups is 1. The van der Waals surface area contributed by atoms with Crippen molar-refractivity contribution in [1.29, 1.82) is 0 Å². The molecule has 5 nitrogen and oxygen atoms in total. The lowest BCUT2D eigenvalue weighted by Gasteiger charge is -2.23. The first-order valence-corrected chi connectivity index (χ1v) is 10.8. The summed E-state index contributed by atoms with van der Waals surface area (Å²) >= 11 is 0. The first-order chi connectivity index (χ1) is 13.3. The first kappa shape index (κ1) is 20.0. The van der Waals surface area contributed by atoms with Crippen molar-refractivity contribution in [1.82, 2.24) is 15.5 Å². The fourth-order valence-electron chi connectivity index (χ4n) is 4.14. The minimum absolute atomic E-state index is 0.233. The molecule has 27 heavy (non-hydrogen) atoms. The van der Waals surface area contributed by atoms with E-state index >= 15 is 0 Å². The van der Waals surface area contributed by atoms with Crippen molar-refractivity contribution in [3.05, 3.63) is 29.8 Å². The zero-order valence-corrected chi connectivity index (χ0v) is 17.2. The Kier molecular flexibility index (Phi) is 7.81. The van der Waals surface area contributed by atoms with Crippen LogP contribution in [0.5, 0.6) is 0 Å².